The third-order valence-electron chi connectivity index (χ3n) is 2.85. The molecule has 20 heavy (non-hydrogen) atoms. The number of aromatic nitrogens is 4. The minimum atomic E-state index is -0.940. The SMILES string of the molecule is CCCC(CC(=O)O)NC(=O)c1cccc2nnnn12. The second-order valence-corrected chi connectivity index (χ2v) is 4.42. The zero-order chi connectivity index (χ0) is 14.5. The number of carbonyl (C=O) groups is 2. The van der Waals surface area contributed by atoms with E-state index in [9.17, 15) is 9.59 Å². The average molecular weight is 277 g/mol. The number of carboxylic acid groups (broad SMARTS) is 1. The van der Waals surface area contributed by atoms with Crippen LogP contribution >= 0.6 is 0 Å². The third kappa shape index (κ3) is 3.08. The topological polar surface area (TPSA) is 109 Å². The lowest BCUT2D eigenvalue weighted by Crippen LogP contribution is -2.37. The van der Waals surface area contributed by atoms with Crippen molar-refractivity contribution in [2.45, 2.75) is 32.2 Å². The van der Waals surface area contributed by atoms with Crippen molar-refractivity contribution in [1.29, 1.82) is 0 Å². The smallest absolute Gasteiger partial charge is 0.305 e. The van der Waals surface area contributed by atoms with Crippen molar-refractivity contribution in [2.75, 3.05) is 0 Å². The summed E-state index contributed by atoms with van der Waals surface area (Å²) in [4.78, 5) is 23.0. The van der Waals surface area contributed by atoms with Crippen molar-refractivity contribution >= 4 is 17.5 Å². The van der Waals surface area contributed by atoms with E-state index in [2.05, 4.69) is 20.8 Å². The monoisotopic (exact) mass is 277 g/mol. The van der Waals surface area contributed by atoms with Crippen molar-refractivity contribution in [3.05, 3.63) is 23.9 Å². The summed E-state index contributed by atoms with van der Waals surface area (Å²) in [6, 6.07) is 4.53. The van der Waals surface area contributed by atoms with Gasteiger partial charge in [-0.1, -0.05) is 19.4 Å². The molecule has 8 nitrogen and oxygen atoms in total. The number of amides is 1. The number of hydrogen-bond acceptors (Lipinski definition) is 5. The Morgan fingerprint density at radius 3 is 2.95 bits per heavy atom. The highest BCUT2D eigenvalue weighted by atomic mass is 16.4. The number of nitrogens with one attached hydrogen (secondary N) is 1. The summed E-state index contributed by atoms with van der Waals surface area (Å²) in [7, 11) is 0. The van der Waals surface area contributed by atoms with Gasteiger partial charge in [0.15, 0.2) is 5.65 Å². The van der Waals surface area contributed by atoms with Crippen LogP contribution in [0.3, 0.4) is 0 Å². The second-order valence-electron chi connectivity index (χ2n) is 4.42. The maximum atomic E-state index is 12.2. The standard InChI is InChI=1S/C12H15N5O3/c1-2-4-8(7-11(18)19)13-12(20)9-5-3-6-10-14-15-16-17(9)10/h3,5-6,8H,2,4,7H2,1H3,(H,13,20)(H,18,19). The van der Waals surface area contributed by atoms with Gasteiger partial charge in [-0.3, -0.25) is 9.59 Å². The molecule has 2 N–H and O–H groups in total. The molecular weight excluding hydrogens is 262 g/mol. The number of hydrogen-bond donors (Lipinski definition) is 2. The average Bonchev–Trinajstić information content (AvgIpc) is 2.85. The van der Waals surface area contributed by atoms with Crippen LogP contribution in [0.5, 0.6) is 0 Å². The normalized spacial score (nSPS) is 12.2. The second kappa shape index (κ2) is 6.09. The molecule has 1 amide bonds. The van der Waals surface area contributed by atoms with E-state index in [1.807, 2.05) is 6.92 Å². The van der Waals surface area contributed by atoms with E-state index in [0.717, 1.165) is 6.42 Å². The molecule has 8 heteroatoms. The fourth-order valence-corrected chi connectivity index (χ4v) is 1.98. The number of tetrazole rings is 1. The first-order chi connectivity index (χ1) is 9.61. The first-order valence-corrected chi connectivity index (χ1v) is 6.31. The summed E-state index contributed by atoms with van der Waals surface area (Å²) in [6.07, 6.45) is 1.28. The maximum absolute atomic E-state index is 12.2. The highest BCUT2D eigenvalue weighted by Gasteiger charge is 2.18. The molecule has 0 aromatic carbocycles. The highest BCUT2D eigenvalue weighted by molar-refractivity contribution is 5.93. The van der Waals surface area contributed by atoms with Crippen LogP contribution in [0.1, 0.15) is 36.7 Å². The number of pyridine rings is 1. The lowest BCUT2D eigenvalue weighted by Gasteiger charge is -2.16. The van der Waals surface area contributed by atoms with Gasteiger partial charge in [0.25, 0.3) is 5.91 Å². The number of carboxylic acids is 1. The Hall–Kier alpha value is -2.51. The molecule has 0 spiro atoms. The van der Waals surface area contributed by atoms with Crippen LogP contribution < -0.4 is 5.32 Å². The van der Waals surface area contributed by atoms with Crippen molar-refractivity contribution in [1.82, 2.24) is 25.4 Å². The van der Waals surface area contributed by atoms with Gasteiger partial charge in [-0.2, -0.15) is 4.52 Å². The zero-order valence-corrected chi connectivity index (χ0v) is 11.0. The van der Waals surface area contributed by atoms with Gasteiger partial charge in [-0.05, 0) is 29.0 Å². The molecule has 0 aliphatic heterocycles. The van der Waals surface area contributed by atoms with Crippen molar-refractivity contribution in [3.63, 3.8) is 0 Å². The third-order valence-corrected chi connectivity index (χ3v) is 2.85. The van der Waals surface area contributed by atoms with Crippen molar-refractivity contribution in [3.8, 4) is 0 Å². The van der Waals surface area contributed by atoms with Gasteiger partial charge in [0.2, 0.25) is 0 Å². The fourth-order valence-electron chi connectivity index (χ4n) is 1.98. The van der Waals surface area contributed by atoms with E-state index >= 15 is 0 Å². The Labute approximate surface area is 114 Å². The Kier molecular flexibility index (Phi) is 4.24. The summed E-state index contributed by atoms with van der Waals surface area (Å²) in [5, 5.41) is 22.5. The van der Waals surface area contributed by atoms with E-state index in [0.29, 0.717) is 12.1 Å². The van der Waals surface area contributed by atoms with Gasteiger partial charge in [0.05, 0.1) is 6.42 Å². The molecule has 2 rings (SSSR count). The molecule has 0 radical (unpaired) electrons. The largest absolute Gasteiger partial charge is 0.481 e. The van der Waals surface area contributed by atoms with Gasteiger partial charge in [0.1, 0.15) is 5.69 Å². The van der Waals surface area contributed by atoms with Crippen LogP contribution in [0.25, 0.3) is 5.65 Å². The lowest BCUT2D eigenvalue weighted by molar-refractivity contribution is -0.137. The Morgan fingerprint density at radius 1 is 1.45 bits per heavy atom. The molecule has 0 aliphatic rings. The maximum Gasteiger partial charge on any atom is 0.305 e. The van der Waals surface area contributed by atoms with E-state index in [4.69, 9.17) is 5.11 Å². The summed E-state index contributed by atoms with van der Waals surface area (Å²) in [6.45, 7) is 1.93. The van der Waals surface area contributed by atoms with Gasteiger partial charge >= 0.3 is 5.97 Å². The molecule has 0 saturated carbocycles. The van der Waals surface area contributed by atoms with Crippen molar-refractivity contribution < 1.29 is 14.7 Å². The minimum Gasteiger partial charge on any atom is -0.481 e. The number of carbonyl (C=O) groups excluding carboxylic acids is 1. The van der Waals surface area contributed by atoms with Crippen LogP contribution in [0.4, 0.5) is 0 Å². The zero-order valence-electron chi connectivity index (χ0n) is 11.0. The summed E-state index contributed by atoms with van der Waals surface area (Å²) in [5.74, 6) is -1.33. The predicted molar refractivity (Wildman–Crippen MR) is 69.2 cm³/mol. The molecule has 2 aromatic rings. The summed E-state index contributed by atoms with van der Waals surface area (Å²) in [5.41, 5.74) is 0.738. The van der Waals surface area contributed by atoms with E-state index < -0.39 is 12.0 Å². The van der Waals surface area contributed by atoms with E-state index in [-0.39, 0.29) is 18.0 Å². The molecule has 0 aliphatic carbocycles. The van der Waals surface area contributed by atoms with Crippen LogP contribution in [0.2, 0.25) is 0 Å². The molecule has 106 valence electrons. The predicted octanol–water partition coefficient (Wildman–Crippen LogP) is 0.497. The highest BCUT2D eigenvalue weighted by Crippen LogP contribution is 2.06. The minimum absolute atomic E-state index is 0.106. The van der Waals surface area contributed by atoms with Crippen molar-refractivity contribution in [2.24, 2.45) is 0 Å². The molecular formula is C12H15N5O3. The Balaban J connectivity index is 2.17. The Morgan fingerprint density at radius 2 is 2.25 bits per heavy atom. The first kappa shape index (κ1) is 13.9. The first-order valence-electron chi connectivity index (χ1n) is 6.31. The quantitative estimate of drug-likeness (QED) is 0.795. The fraction of sp³-hybridized carbons (Fsp3) is 0.417. The van der Waals surface area contributed by atoms with Gasteiger partial charge in [-0.15, -0.1) is 5.10 Å². The van der Waals surface area contributed by atoms with E-state index in [1.54, 1.807) is 18.2 Å². The lowest BCUT2D eigenvalue weighted by atomic mass is 10.1. The van der Waals surface area contributed by atoms with Gasteiger partial charge < -0.3 is 10.4 Å². The number of nitrogens with zero attached hydrogens (tertiary/aromatic N) is 4. The summed E-state index contributed by atoms with van der Waals surface area (Å²) < 4.78 is 1.32. The molecule has 1 atom stereocenters. The van der Waals surface area contributed by atoms with Crippen LogP contribution in [-0.4, -0.2) is 43.1 Å². The van der Waals surface area contributed by atoms with Crippen LogP contribution in [0.15, 0.2) is 18.2 Å². The summed E-state index contributed by atoms with van der Waals surface area (Å²) >= 11 is 0. The van der Waals surface area contributed by atoms with Crippen LogP contribution in [0, 0.1) is 0 Å². The molecule has 2 heterocycles. The molecule has 0 saturated heterocycles. The molecule has 0 fully saturated rings. The van der Waals surface area contributed by atoms with Crippen LogP contribution in [-0.2, 0) is 4.79 Å². The number of rotatable bonds is 6. The Bertz CT molecular complexity index is 624. The van der Waals surface area contributed by atoms with Gasteiger partial charge in [0, 0.05) is 6.04 Å². The van der Waals surface area contributed by atoms with Gasteiger partial charge in [-0.25, -0.2) is 0 Å². The molecule has 1 unspecified atom stereocenters. The molecule has 0 bridgehead atoms. The number of aliphatic carboxylic acids is 1. The molecule has 2 aromatic heterocycles. The number of fused-ring (bicyclic) bond motifs is 1. The van der Waals surface area contributed by atoms with E-state index in [1.165, 1.54) is 4.52 Å².